The maximum absolute atomic E-state index is 12.8. The van der Waals surface area contributed by atoms with E-state index in [-0.39, 0.29) is 29.6 Å². The molecule has 2 amide bonds. The fraction of sp³-hybridized carbons (Fsp3) is 0.467. The first-order valence-electron chi connectivity index (χ1n) is 6.74. The van der Waals surface area contributed by atoms with Gasteiger partial charge in [-0.2, -0.15) is 0 Å². The Kier molecular flexibility index (Phi) is 4.37. The summed E-state index contributed by atoms with van der Waals surface area (Å²) in [6.45, 7) is 2.49. The number of hydrogen-bond acceptors (Lipinski definition) is 2. The van der Waals surface area contributed by atoms with Gasteiger partial charge in [0.25, 0.3) is 0 Å². The number of nitrogens with one attached hydrogen (secondary N) is 1. The van der Waals surface area contributed by atoms with Crippen LogP contribution in [0.15, 0.2) is 24.3 Å². The summed E-state index contributed by atoms with van der Waals surface area (Å²) in [5, 5.41) is 2.88. The standard InChI is InChI=1S/C15H19FN2O2/c1-10(11-3-5-12(16)6-4-11)7-14(19)17-13-8-15(20)18(2)9-13/h3-6,10,13H,7-9H2,1-2H3,(H,17,19)/t10-,13+/m0/s1. The Hall–Kier alpha value is -1.91. The van der Waals surface area contributed by atoms with Crippen molar-refractivity contribution in [3.05, 3.63) is 35.6 Å². The predicted octanol–water partition coefficient (Wildman–Crippen LogP) is 1.67. The number of likely N-dealkylation sites (N-methyl/N-ethyl adjacent to an activating group) is 1. The molecule has 2 rings (SSSR count). The summed E-state index contributed by atoms with van der Waals surface area (Å²) >= 11 is 0. The first-order chi connectivity index (χ1) is 9.45. The quantitative estimate of drug-likeness (QED) is 0.910. The van der Waals surface area contributed by atoms with E-state index in [1.807, 2.05) is 6.92 Å². The molecule has 1 heterocycles. The van der Waals surface area contributed by atoms with Gasteiger partial charge in [-0.15, -0.1) is 0 Å². The molecular formula is C15H19FN2O2. The molecular weight excluding hydrogens is 259 g/mol. The first kappa shape index (κ1) is 14.5. The van der Waals surface area contributed by atoms with Crippen molar-refractivity contribution in [3.8, 4) is 0 Å². The summed E-state index contributed by atoms with van der Waals surface area (Å²) < 4.78 is 12.8. The second kappa shape index (κ2) is 6.03. The van der Waals surface area contributed by atoms with Crippen LogP contribution in [-0.4, -0.2) is 36.3 Å². The van der Waals surface area contributed by atoms with Gasteiger partial charge in [-0.25, -0.2) is 4.39 Å². The molecule has 1 aromatic rings. The third kappa shape index (κ3) is 3.56. The highest BCUT2D eigenvalue weighted by atomic mass is 19.1. The Morgan fingerprint density at radius 3 is 2.65 bits per heavy atom. The van der Waals surface area contributed by atoms with Crippen LogP contribution in [0.3, 0.4) is 0 Å². The normalized spacial score (nSPS) is 20.1. The molecule has 0 bridgehead atoms. The molecule has 4 nitrogen and oxygen atoms in total. The summed E-state index contributed by atoms with van der Waals surface area (Å²) in [5.74, 6) is -0.278. The Bertz CT molecular complexity index is 501. The second-order valence-corrected chi connectivity index (χ2v) is 5.40. The van der Waals surface area contributed by atoms with E-state index < -0.39 is 0 Å². The van der Waals surface area contributed by atoms with Gasteiger partial charge < -0.3 is 10.2 Å². The topological polar surface area (TPSA) is 49.4 Å². The van der Waals surface area contributed by atoms with Crippen LogP contribution in [-0.2, 0) is 9.59 Å². The maximum Gasteiger partial charge on any atom is 0.224 e. The van der Waals surface area contributed by atoms with Crippen molar-refractivity contribution in [2.45, 2.75) is 31.7 Å². The zero-order valence-corrected chi connectivity index (χ0v) is 11.7. The summed E-state index contributed by atoms with van der Waals surface area (Å²) in [6.07, 6.45) is 0.702. The molecule has 1 saturated heterocycles. The van der Waals surface area contributed by atoms with Gasteiger partial charge in [-0.05, 0) is 23.6 Å². The van der Waals surface area contributed by atoms with E-state index >= 15 is 0 Å². The van der Waals surface area contributed by atoms with Gasteiger partial charge in [0.05, 0.1) is 6.04 Å². The third-order valence-corrected chi connectivity index (χ3v) is 3.64. The van der Waals surface area contributed by atoms with Crippen molar-refractivity contribution in [3.63, 3.8) is 0 Å². The van der Waals surface area contributed by atoms with Crippen molar-refractivity contribution in [1.82, 2.24) is 10.2 Å². The molecule has 1 fully saturated rings. The van der Waals surface area contributed by atoms with Crippen molar-refractivity contribution < 1.29 is 14.0 Å². The highest BCUT2D eigenvalue weighted by molar-refractivity contribution is 5.82. The Balaban J connectivity index is 1.85. The highest BCUT2D eigenvalue weighted by Gasteiger charge is 2.28. The van der Waals surface area contributed by atoms with Crippen LogP contribution in [0.4, 0.5) is 4.39 Å². The molecule has 5 heteroatoms. The number of nitrogens with zero attached hydrogens (tertiary/aromatic N) is 1. The number of benzene rings is 1. The molecule has 0 aromatic heterocycles. The average Bonchev–Trinajstić information content (AvgIpc) is 2.68. The lowest BCUT2D eigenvalue weighted by Gasteiger charge is -2.15. The maximum atomic E-state index is 12.8. The van der Waals surface area contributed by atoms with Crippen LogP contribution in [0.1, 0.15) is 31.2 Å². The van der Waals surface area contributed by atoms with Crippen LogP contribution in [0.25, 0.3) is 0 Å². The van der Waals surface area contributed by atoms with Gasteiger partial charge in [-0.1, -0.05) is 19.1 Å². The lowest BCUT2D eigenvalue weighted by molar-refractivity contribution is -0.126. The number of halogens is 1. The van der Waals surface area contributed by atoms with E-state index in [1.54, 1.807) is 24.1 Å². The largest absolute Gasteiger partial charge is 0.351 e. The second-order valence-electron chi connectivity index (χ2n) is 5.40. The smallest absolute Gasteiger partial charge is 0.224 e. The fourth-order valence-electron chi connectivity index (χ4n) is 2.43. The zero-order chi connectivity index (χ0) is 14.7. The Morgan fingerprint density at radius 2 is 2.10 bits per heavy atom. The molecule has 2 atom stereocenters. The minimum absolute atomic E-state index is 0.0189. The predicted molar refractivity (Wildman–Crippen MR) is 73.6 cm³/mol. The zero-order valence-electron chi connectivity index (χ0n) is 11.7. The Labute approximate surface area is 118 Å². The van der Waals surface area contributed by atoms with Gasteiger partial charge in [-0.3, -0.25) is 9.59 Å². The number of hydrogen-bond donors (Lipinski definition) is 1. The third-order valence-electron chi connectivity index (χ3n) is 3.64. The lowest BCUT2D eigenvalue weighted by atomic mass is 9.97. The molecule has 0 spiro atoms. The van der Waals surface area contributed by atoms with Gasteiger partial charge in [0.1, 0.15) is 5.82 Å². The number of carbonyl (C=O) groups excluding carboxylic acids is 2. The fourth-order valence-corrected chi connectivity index (χ4v) is 2.43. The molecule has 0 saturated carbocycles. The minimum Gasteiger partial charge on any atom is -0.351 e. The molecule has 1 aliphatic rings. The summed E-state index contributed by atoms with van der Waals surface area (Å²) in [5.41, 5.74) is 0.932. The molecule has 0 unspecified atom stereocenters. The lowest BCUT2D eigenvalue weighted by Crippen LogP contribution is -2.36. The molecule has 0 radical (unpaired) electrons. The summed E-state index contributed by atoms with van der Waals surface area (Å²) in [6, 6.07) is 6.09. The SMILES string of the molecule is C[C@@H](CC(=O)N[C@@H]1CC(=O)N(C)C1)c1ccc(F)cc1. The van der Waals surface area contributed by atoms with Crippen LogP contribution < -0.4 is 5.32 Å². The van der Waals surface area contributed by atoms with Crippen LogP contribution >= 0.6 is 0 Å². The minimum atomic E-state index is -0.280. The van der Waals surface area contributed by atoms with Crippen LogP contribution in [0, 0.1) is 5.82 Å². The molecule has 108 valence electrons. The van der Waals surface area contributed by atoms with Crippen molar-refractivity contribution in [1.29, 1.82) is 0 Å². The number of carbonyl (C=O) groups is 2. The van der Waals surface area contributed by atoms with E-state index in [1.165, 1.54) is 12.1 Å². The molecule has 1 N–H and O–H groups in total. The number of likely N-dealkylation sites (tertiary alicyclic amines) is 1. The molecule has 0 aliphatic carbocycles. The summed E-state index contributed by atoms with van der Waals surface area (Å²) in [4.78, 5) is 24.9. The van der Waals surface area contributed by atoms with Gasteiger partial charge in [0.15, 0.2) is 0 Å². The highest BCUT2D eigenvalue weighted by Crippen LogP contribution is 2.19. The van der Waals surface area contributed by atoms with E-state index in [0.29, 0.717) is 19.4 Å². The van der Waals surface area contributed by atoms with Crippen molar-refractivity contribution >= 4 is 11.8 Å². The monoisotopic (exact) mass is 278 g/mol. The van der Waals surface area contributed by atoms with Crippen LogP contribution in [0.2, 0.25) is 0 Å². The van der Waals surface area contributed by atoms with Gasteiger partial charge in [0, 0.05) is 26.4 Å². The molecule has 1 aliphatic heterocycles. The number of rotatable bonds is 4. The van der Waals surface area contributed by atoms with E-state index in [0.717, 1.165) is 5.56 Å². The van der Waals surface area contributed by atoms with E-state index in [9.17, 15) is 14.0 Å². The molecule has 1 aromatic carbocycles. The van der Waals surface area contributed by atoms with E-state index in [2.05, 4.69) is 5.32 Å². The number of amides is 2. The van der Waals surface area contributed by atoms with Gasteiger partial charge in [0.2, 0.25) is 11.8 Å². The first-order valence-corrected chi connectivity index (χ1v) is 6.74. The average molecular weight is 278 g/mol. The molecule has 20 heavy (non-hydrogen) atoms. The summed E-state index contributed by atoms with van der Waals surface area (Å²) in [7, 11) is 1.73. The van der Waals surface area contributed by atoms with Crippen molar-refractivity contribution in [2.24, 2.45) is 0 Å². The van der Waals surface area contributed by atoms with Crippen molar-refractivity contribution in [2.75, 3.05) is 13.6 Å². The van der Waals surface area contributed by atoms with Crippen LogP contribution in [0.5, 0.6) is 0 Å². The van der Waals surface area contributed by atoms with Gasteiger partial charge >= 0.3 is 0 Å². The Morgan fingerprint density at radius 1 is 1.45 bits per heavy atom. The van der Waals surface area contributed by atoms with E-state index in [4.69, 9.17) is 0 Å².